The first-order valence-corrected chi connectivity index (χ1v) is 13.0. The van der Waals surface area contributed by atoms with E-state index < -0.39 is 9.84 Å². The summed E-state index contributed by atoms with van der Waals surface area (Å²) in [4.78, 5) is 19.0. The van der Waals surface area contributed by atoms with E-state index in [0.717, 1.165) is 17.7 Å². The highest BCUT2D eigenvalue weighted by Gasteiger charge is 2.48. The molecule has 1 amide bonds. The van der Waals surface area contributed by atoms with Crippen LogP contribution in [0.4, 0.5) is 0 Å². The maximum Gasteiger partial charge on any atom is 0.248 e. The molecule has 0 aromatic heterocycles. The van der Waals surface area contributed by atoms with Gasteiger partial charge in [-0.3, -0.25) is 4.79 Å². The number of fused-ring (bicyclic) bond motifs is 1. The second-order valence-electron chi connectivity index (χ2n) is 8.25. The molecule has 3 aliphatic rings. The van der Waals surface area contributed by atoms with Gasteiger partial charge in [0.2, 0.25) is 5.91 Å². The maximum atomic E-state index is 12.5. The molecule has 2 saturated heterocycles. The van der Waals surface area contributed by atoms with E-state index in [2.05, 4.69) is 4.99 Å². The van der Waals surface area contributed by atoms with Gasteiger partial charge >= 0.3 is 0 Å². The van der Waals surface area contributed by atoms with Gasteiger partial charge in [-0.1, -0.05) is 49.6 Å². The van der Waals surface area contributed by atoms with Crippen LogP contribution in [0, 0.1) is 5.92 Å². The van der Waals surface area contributed by atoms with Gasteiger partial charge in [-0.15, -0.1) is 0 Å². The van der Waals surface area contributed by atoms with Crippen molar-refractivity contribution in [2.24, 2.45) is 10.9 Å². The van der Waals surface area contributed by atoms with Crippen LogP contribution in [-0.2, 0) is 21.2 Å². The number of sulfone groups is 1. The topological polar surface area (TPSA) is 76.0 Å². The summed E-state index contributed by atoms with van der Waals surface area (Å²) in [6.07, 6.45) is 6.40. The standard InChI is InChI=1S/C21H28N2O4S2/c1-27-17-9-6-16(7-10-17)12-23-18-13-29(25,26)14-19(18)28-21(23)22-20(24)11-8-15-4-2-3-5-15/h6-7,9-10,15,18-19H,2-5,8,11-14H2,1H3/t18-,19+/m1/s1. The molecular weight excluding hydrogens is 408 g/mol. The molecule has 2 atom stereocenters. The summed E-state index contributed by atoms with van der Waals surface area (Å²) in [6, 6.07) is 7.61. The first-order chi connectivity index (χ1) is 13.9. The van der Waals surface area contributed by atoms with Crippen molar-refractivity contribution < 1.29 is 17.9 Å². The zero-order chi connectivity index (χ0) is 20.4. The quantitative estimate of drug-likeness (QED) is 0.681. The molecular formula is C21H28N2O4S2. The van der Waals surface area contributed by atoms with E-state index in [4.69, 9.17) is 4.74 Å². The van der Waals surface area contributed by atoms with Crippen LogP contribution < -0.4 is 4.74 Å². The number of benzene rings is 1. The first-order valence-electron chi connectivity index (χ1n) is 10.3. The Morgan fingerprint density at radius 3 is 2.62 bits per heavy atom. The highest BCUT2D eigenvalue weighted by molar-refractivity contribution is 8.15. The molecule has 6 nitrogen and oxygen atoms in total. The number of hydrogen-bond acceptors (Lipinski definition) is 5. The van der Waals surface area contributed by atoms with Crippen molar-refractivity contribution in [3.05, 3.63) is 29.8 Å². The molecule has 2 aliphatic heterocycles. The van der Waals surface area contributed by atoms with Crippen molar-refractivity contribution in [2.75, 3.05) is 18.6 Å². The van der Waals surface area contributed by atoms with Gasteiger partial charge in [-0.2, -0.15) is 4.99 Å². The summed E-state index contributed by atoms with van der Waals surface area (Å²) in [5.74, 6) is 1.66. The summed E-state index contributed by atoms with van der Waals surface area (Å²) < 4.78 is 29.5. The van der Waals surface area contributed by atoms with E-state index in [9.17, 15) is 13.2 Å². The fraction of sp³-hybridized carbons (Fsp3) is 0.619. The molecule has 8 heteroatoms. The van der Waals surface area contributed by atoms with E-state index in [1.807, 2.05) is 29.2 Å². The van der Waals surface area contributed by atoms with Crippen molar-refractivity contribution in [3.63, 3.8) is 0 Å². The van der Waals surface area contributed by atoms with Crippen LogP contribution in [0.1, 0.15) is 44.1 Å². The zero-order valence-electron chi connectivity index (χ0n) is 16.7. The van der Waals surface area contributed by atoms with Crippen molar-refractivity contribution in [1.29, 1.82) is 0 Å². The van der Waals surface area contributed by atoms with Gasteiger partial charge in [0.25, 0.3) is 0 Å². The van der Waals surface area contributed by atoms with Gasteiger partial charge in [0, 0.05) is 18.2 Å². The van der Waals surface area contributed by atoms with Gasteiger partial charge in [0.1, 0.15) is 5.75 Å². The fourth-order valence-electron chi connectivity index (χ4n) is 4.54. The molecule has 0 unspecified atom stereocenters. The monoisotopic (exact) mass is 436 g/mol. The van der Waals surface area contributed by atoms with Crippen LogP contribution in [0.15, 0.2) is 29.3 Å². The number of carbonyl (C=O) groups excluding carboxylic acids is 1. The molecule has 29 heavy (non-hydrogen) atoms. The molecule has 4 rings (SSSR count). The highest BCUT2D eigenvalue weighted by Crippen LogP contribution is 2.39. The number of amides is 1. The molecule has 1 aromatic rings. The van der Waals surface area contributed by atoms with Crippen LogP contribution in [0.5, 0.6) is 5.75 Å². The SMILES string of the molecule is COc1ccc(CN2C(=NC(=O)CCC3CCCC3)S[C@H]3CS(=O)(=O)C[C@H]32)cc1. The van der Waals surface area contributed by atoms with Crippen molar-refractivity contribution in [2.45, 2.75) is 56.4 Å². The second-order valence-corrected chi connectivity index (χ2v) is 11.6. The molecule has 0 bridgehead atoms. The summed E-state index contributed by atoms with van der Waals surface area (Å²) in [5, 5.41) is 0.641. The smallest absolute Gasteiger partial charge is 0.248 e. The number of thioether (sulfide) groups is 1. The molecule has 1 aliphatic carbocycles. The highest BCUT2D eigenvalue weighted by atomic mass is 32.2. The zero-order valence-corrected chi connectivity index (χ0v) is 18.4. The van der Waals surface area contributed by atoms with Crippen molar-refractivity contribution >= 4 is 32.7 Å². The van der Waals surface area contributed by atoms with E-state index in [0.29, 0.717) is 24.1 Å². The minimum absolute atomic E-state index is 0.0420. The number of rotatable bonds is 6. The Morgan fingerprint density at radius 2 is 1.93 bits per heavy atom. The predicted molar refractivity (Wildman–Crippen MR) is 116 cm³/mol. The third-order valence-corrected chi connectivity index (χ3v) is 9.40. The minimum atomic E-state index is -3.04. The Labute approximate surface area is 177 Å². The third-order valence-electron chi connectivity index (χ3n) is 6.15. The normalized spacial score (nSPS) is 27.5. The van der Waals surface area contributed by atoms with Crippen LogP contribution in [-0.4, -0.2) is 54.3 Å². The van der Waals surface area contributed by atoms with E-state index in [1.165, 1.54) is 37.4 Å². The Hall–Kier alpha value is -1.54. The second kappa shape index (κ2) is 8.68. The predicted octanol–water partition coefficient (Wildman–Crippen LogP) is 3.26. The summed E-state index contributed by atoms with van der Waals surface area (Å²) >= 11 is 1.46. The number of hydrogen-bond donors (Lipinski definition) is 0. The van der Waals surface area contributed by atoms with Crippen molar-refractivity contribution in [1.82, 2.24) is 4.90 Å². The molecule has 0 radical (unpaired) electrons. The number of aliphatic imine (C=N–C) groups is 1. The average molecular weight is 437 g/mol. The van der Waals surface area contributed by atoms with Gasteiger partial charge in [0.05, 0.1) is 24.7 Å². The van der Waals surface area contributed by atoms with Gasteiger partial charge < -0.3 is 9.64 Å². The van der Waals surface area contributed by atoms with Crippen LogP contribution >= 0.6 is 11.8 Å². The van der Waals surface area contributed by atoms with E-state index in [-0.39, 0.29) is 28.7 Å². The Kier molecular flexibility index (Phi) is 6.20. The average Bonchev–Trinajstić information content (AvgIpc) is 3.38. The van der Waals surface area contributed by atoms with Crippen LogP contribution in [0.2, 0.25) is 0 Å². The van der Waals surface area contributed by atoms with Gasteiger partial charge in [-0.05, 0) is 30.0 Å². The number of ether oxygens (including phenoxy) is 1. The Balaban J connectivity index is 1.48. The summed E-state index contributed by atoms with van der Waals surface area (Å²) in [5.41, 5.74) is 1.04. The summed E-state index contributed by atoms with van der Waals surface area (Å²) in [7, 11) is -1.41. The van der Waals surface area contributed by atoms with Gasteiger partial charge in [-0.25, -0.2) is 8.42 Å². The molecule has 0 N–H and O–H groups in total. The van der Waals surface area contributed by atoms with E-state index in [1.54, 1.807) is 7.11 Å². The fourth-order valence-corrected chi connectivity index (χ4v) is 8.51. The van der Waals surface area contributed by atoms with Crippen LogP contribution in [0.3, 0.4) is 0 Å². The molecule has 0 spiro atoms. The first kappa shape index (κ1) is 20.7. The molecule has 1 saturated carbocycles. The van der Waals surface area contributed by atoms with E-state index >= 15 is 0 Å². The van der Waals surface area contributed by atoms with Gasteiger partial charge in [0.15, 0.2) is 15.0 Å². The number of amidine groups is 1. The molecule has 158 valence electrons. The Morgan fingerprint density at radius 1 is 1.21 bits per heavy atom. The largest absolute Gasteiger partial charge is 0.497 e. The maximum absolute atomic E-state index is 12.5. The van der Waals surface area contributed by atoms with Crippen molar-refractivity contribution in [3.8, 4) is 5.75 Å². The minimum Gasteiger partial charge on any atom is -0.497 e. The summed E-state index contributed by atoms with van der Waals surface area (Å²) in [6.45, 7) is 0.544. The molecule has 2 heterocycles. The lowest BCUT2D eigenvalue weighted by Gasteiger charge is -2.24. The number of nitrogens with zero attached hydrogens (tertiary/aromatic N) is 2. The molecule has 3 fully saturated rings. The number of carbonyl (C=O) groups is 1. The lowest BCUT2D eigenvalue weighted by Crippen LogP contribution is -2.37. The lowest BCUT2D eigenvalue weighted by molar-refractivity contribution is -0.118. The number of methoxy groups -OCH3 is 1. The Bertz CT molecular complexity index is 876. The lowest BCUT2D eigenvalue weighted by atomic mass is 10.0. The van der Waals surface area contributed by atoms with Crippen LogP contribution in [0.25, 0.3) is 0 Å². The molecule has 1 aromatic carbocycles. The third kappa shape index (κ3) is 4.97.